The van der Waals surface area contributed by atoms with Crippen molar-refractivity contribution in [2.45, 2.75) is 74.1 Å². The van der Waals surface area contributed by atoms with Crippen molar-refractivity contribution in [3.05, 3.63) is 115 Å². The van der Waals surface area contributed by atoms with Crippen molar-refractivity contribution in [1.29, 1.82) is 0 Å². The van der Waals surface area contributed by atoms with Gasteiger partial charge in [0.25, 0.3) is 0 Å². The zero-order valence-corrected chi connectivity index (χ0v) is 33.4. The molecule has 0 atom stereocenters. The van der Waals surface area contributed by atoms with Crippen LogP contribution in [0, 0.1) is 23.8 Å². The fourth-order valence-electron chi connectivity index (χ4n) is 6.44. The Balaban J connectivity index is 0.000000250. The van der Waals surface area contributed by atoms with E-state index in [0.29, 0.717) is 5.71 Å². The summed E-state index contributed by atoms with van der Waals surface area (Å²) < 4.78 is 6.22. The molecule has 1 radical (unpaired) electrons. The first-order valence-corrected chi connectivity index (χ1v) is 17.9. The molecule has 0 aliphatic heterocycles. The van der Waals surface area contributed by atoms with Crippen LogP contribution in [0.3, 0.4) is 0 Å². The molecule has 0 amide bonds. The van der Waals surface area contributed by atoms with Gasteiger partial charge in [-0.3, -0.25) is 9.78 Å². The molecule has 3 aromatic heterocycles. The molecule has 0 unspecified atom stereocenters. The fourth-order valence-corrected chi connectivity index (χ4v) is 6.44. The summed E-state index contributed by atoms with van der Waals surface area (Å²) in [5.74, 6) is 0.286. The van der Waals surface area contributed by atoms with E-state index in [9.17, 15) is 9.90 Å². The standard InChI is InChI=1S/C30H18N3O.C15H28O2.Ir/c1-18-10-13-24-23-8-5-9-26(29(23)34-30(24)33-18)28-25-15-12-21-16-20(19-6-3-2-4-7-19)11-14-22(21)27(25)31-17-32-28;1-7-14(5,8-2)12(16)11-13(17)15(6,9-3)10-4;/h2-8,10-17H,1H3;11,16H,7-10H2,1-6H3;/q-1;;/b;12-11-;. The van der Waals surface area contributed by atoms with Crippen molar-refractivity contribution >= 4 is 49.5 Å². The third-order valence-corrected chi connectivity index (χ3v) is 11.0. The summed E-state index contributed by atoms with van der Waals surface area (Å²) in [7, 11) is 0. The number of nitrogens with zero attached hydrogens (tertiary/aromatic N) is 3. The number of benzene rings is 4. The number of ketones is 1. The Hall–Kier alpha value is -4.71. The molecule has 0 saturated heterocycles. The molecule has 7 aromatic rings. The Morgan fingerprint density at radius 1 is 0.788 bits per heavy atom. The number of carbonyl (C=O) groups is 1. The third kappa shape index (κ3) is 7.30. The molecule has 269 valence electrons. The number of fused-ring (bicyclic) bond motifs is 6. The SMILES string of the molecule is CCC(C)(CC)C(=O)/C=C(\O)C(C)(CC)CC.Cc1ccc2c(n1)oc1c(-c3ncnc4c3ccc3cc(-c5ccccc5)ccc34)[c-]ccc12.[Ir]. The smallest absolute Gasteiger partial charge is 0.216 e. The first-order valence-electron chi connectivity index (χ1n) is 17.9. The van der Waals surface area contributed by atoms with Gasteiger partial charge in [0.1, 0.15) is 12.1 Å². The summed E-state index contributed by atoms with van der Waals surface area (Å²) in [6.07, 6.45) is 6.38. The van der Waals surface area contributed by atoms with Gasteiger partial charge in [-0.2, -0.15) is 0 Å². The minimum absolute atomic E-state index is 0. The fraction of sp³-hybridized carbons (Fsp3) is 0.289. The van der Waals surface area contributed by atoms with Gasteiger partial charge in [0.2, 0.25) is 5.71 Å². The van der Waals surface area contributed by atoms with Gasteiger partial charge in [0.15, 0.2) is 5.78 Å². The minimum atomic E-state index is -0.337. The number of aromatic nitrogens is 3. The summed E-state index contributed by atoms with van der Waals surface area (Å²) in [5.41, 5.74) is 6.62. The van der Waals surface area contributed by atoms with Crippen molar-refractivity contribution in [3.8, 4) is 22.4 Å². The van der Waals surface area contributed by atoms with E-state index in [1.165, 1.54) is 17.2 Å². The molecular formula is C45H46IrN3O3-. The Labute approximate surface area is 319 Å². The van der Waals surface area contributed by atoms with Crippen molar-refractivity contribution in [1.82, 2.24) is 15.0 Å². The molecule has 0 fully saturated rings. The molecular weight excluding hydrogens is 823 g/mol. The van der Waals surface area contributed by atoms with Crippen molar-refractivity contribution < 1.29 is 34.4 Å². The van der Waals surface area contributed by atoms with E-state index in [-0.39, 0.29) is 42.5 Å². The number of rotatable bonds is 9. The van der Waals surface area contributed by atoms with Crippen LogP contribution in [0.15, 0.2) is 108 Å². The van der Waals surface area contributed by atoms with Crippen LogP contribution < -0.4 is 0 Å². The summed E-state index contributed by atoms with van der Waals surface area (Å²) >= 11 is 0. The molecule has 3 heterocycles. The topological polar surface area (TPSA) is 89.1 Å². The number of furan rings is 1. The second-order valence-electron chi connectivity index (χ2n) is 13.9. The second-order valence-corrected chi connectivity index (χ2v) is 13.9. The summed E-state index contributed by atoms with van der Waals surface area (Å²) in [6.45, 7) is 14.0. The maximum atomic E-state index is 12.2. The van der Waals surface area contributed by atoms with Crippen LogP contribution in [-0.2, 0) is 24.9 Å². The molecule has 7 heteroatoms. The number of hydrogen-bond acceptors (Lipinski definition) is 6. The van der Waals surface area contributed by atoms with E-state index < -0.39 is 0 Å². The van der Waals surface area contributed by atoms with Gasteiger partial charge in [-0.05, 0) is 72.7 Å². The quantitative estimate of drug-likeness (QED) is 0.0673. The molecule has 0 bridgehead atoms. The van der Waals surface area contributed by atoms with Gasteiger partial charge >= 0.3 is 0 Å². The monoisotopic (exact) mass is 869 g/mol. The number of hydrogen-bond donors (Lipinski definition) is 1. The van der Waals surface area contributed by atoms with Gasteiger partial charge in [-0.1, -0.05) is 107 Å². The molecule has 0 aliphatic rings. The summed E-state index contributed by atoms with van der Waals surface area (Å²) in [6, 6.07) is 32.5. The molecule has 0 saturated carbocycles. The van der Waals surface area contributed by atoms with E-state index in [4.69, 9.17) is 4.42 Å². The Kier molecular flexibility index (Phi) is 11.8. The molecule has 0 spiro atoms. The van der Waals surface area contributed by atoms with Crippen LogP contribution in [0.5, 0.6) is 0 Å². The molecule has 6 nitrogen and oxygen atoms in total. The van der Waals surface area contributed by atoms with Crippen LogP contribution in [0.4, 0.5) is 0 Å². The first kappa shape index (κ1) is 38.5. The zero-order valence-electron chi connectivity index (χ0n) is 31.0. The zero-order chi connectivity index (χ0) is 36.3. The van der Waals surface area contributed by atoms with Gasteiger partial charge in [-0.15, -0.1) is 18.2 Å². The molecule has 52 heavy (non-hydrogen) atoms. The van der Waals surface area contributed by atoms with E-state index in [2.05, 4.69) is 81.7 Å². The molecule has 7 rings (SSSR count). The van der Waals surface area contributed by atoms with Crippen LogP contribution in [-0.4, -0.2) is 25.8 Å². The van der Waals surface area contributed by atoms with Crippen molar-refractivity contribution in [3.63, 3.8) is 0 Å². The van der Waals surface area contributed by atoms with Gasteiger partial charge in [-0.25, -0.2) is 9.97 Å². The second kappa shape index (κ2) is 15.9. The Morgan fingerprint density at radius 2 is 1.46 bits per heavy atom. The largest absolute Gasteiger partial charge is 0.512 e. The normalized spacial score (nSPS) is 12.2. The molecule has 4 aromatic carbocycles. The van der Waals surface area contributed by atoms with E-state index in [1.807, 2.05) is 72.7 Å². The number of aliphatic hydroxyl groups is 1. The summed E-state index contributed by atoms with van der Waals surface area (Å²) in [4.78, 5) is 26.1. The number of aryl methyl sites for hydroxylation is 1. The average Bonchev–Trinajstić information content (AvgIpc) is 3.55. The van der Waals surface area contributed by atoms with Crippen LogP contribution in [0.25, 0.3) is 66.1 Å². The van der Waals surface area contributed by atoms with Crippen LogP contribution in [0.2, 0.25) is 0 Å². The molecule has 1 N–H and O–H groups in total. The van der Waals surface area contributed by atoms with Gasteiger partial charge in [0.05, 0.1) is 11.1 Å². The van der Waals surface area contributed by atoms with Crippen LogP contribution in [0.1, 0.15) is 72.9 Å². The minimum Gasteiger partial charge on any atom is -0.512 e. The predicted octanol–water partition coefficient (Wildman–Crippen LogP) is 12.2. The van der Waals surface area contributed by atoms with E-state index >= 15 is 0 Å². The molecule has 0 aliphatic carbocycles. The van der Waals surface area contributed by atoms with E-state index in [0.717, 1.165) is 80.7 Å². The van der Waals surface area contributed by atoms with Crippen molar-refractivity contribution in [2.75, 3.05) is 0 Å². The maximum absolute atomic E-state index is 12.2. The number of carbonyl (C=O) groups excluding carboxylic acids is 1. The van der Waals surface area contributed by atoms with Gasteiger partial charge in [0, 0.05) is 59.2 Å². The van der Waals surface area contributed by atoms with Gasteiger partial charge < -0.3 is 9.52 Å². The average molecular weight is 869 g/mol. The maximum Gasteiger partial charge on any atom is 0.216 e. The van der Waals surface area contributed by atoms with Crippen LogP contribution >= 0.6 is 0 Å². The van der Waals surface area contributed by atoms with E-state index in [1.54, 1.807) is 6.33 Å². The Bertz CT molecular complexity index is 2390. The summed E-state index contributed by atoms with van der Waals surface area (Å²) in [5, 5.41) is 15.3. The number of aliphatic hydroxyl groups excluding tert-OH is 1. The van der Waals surface area contributed by atoms with Crippen molar-refractivity contribution in [2.24, 2.45) is 10.8 Å². The first-order chi connectivity index (χ1) is 24.6. The Morgan fingerprint density at radius 3 is 2.15 bits per heavy atom. The third-order valence-electron chi connectivity index (χ3n) is 11.0. The number of pyridine rings is 1. The predicted molar refractivity (Wildman–Crippen MR) is 210 cm³/mol. The number of allylic oxidation sites excluding steroid dienone is 2.